The number of nitrogens with zero attached hydrogens (tertiary/aromatic N) is 3. The second-order valence-corrected chi connectivity index (χ2v) is 8.25. The third-order valence-electron chi connectivity index (χ3n) is 5.71. The van der Waals surface area contributed by atoms with Crippen molar-refractivity contribution in [1.29, 1.82) is 5.26 Å². The van der Waals surface area contributed by atoms with Gasteiger partial charge in [-0.3, -0.25) is 14.8 Å². The molecule has 7 nitrogen and oxygen atoms in total. The van der Waals surface area contributed by atoms with E-state index >= 15 is 0 Å². The van der Waals surface area contributed by atoms with Crippen molar-refractivity contribution in [3.05, 3.63) is 114 Å². The quantitative estimate of drug-likeness (QED) is 0.260. The van der Waals surface area contributed by atoms with E-state index in [1.807, 2.05) is 73.7 Å². The van der Waals surface area contributed by atoms with Crippen molar-refractivity contribution in [2.75, 3.05) is 16.0 Å². The van der Waals surface area contributed by atoms with Gasteiger partial charge in [0.2, 0.25) is 0 Å². The number of anilines is 5. The topological polar surface area (TPSA) is 103 Å². The Morgan fingerprint density at radius 2 is 1.61 bits per heavy atom. The lowest BCUT2D eigenvalue weighted by atomic mass is 10.1. The molecule has 3 aromatic carbocycles. The molecule has 1 amide bonds. The fourth-order valence-electron chi connectivity index (χ4n) is 3.95. The Bertz CT molecular complexity index is 1610. The molecule has 0 saturated heterocycles. The van der Waals surface area contributed by atoms with Crippen LogP contribution in [0.3, 0.4) is 0 Å². The van der Waals surface area contributed by atoms with Crippen LogP contribution < -0.4 is 16.0 Å². The highest BCUT2D eigenvalue weighted by Crippen LogP contribution is 2.27. The van der Waals surface area contributed by atoms with Gasteiger partial charge in [-0.25, -0.2) is 0 Å². The highest BCUT2D eigenvalue weighted by atomic mass is 16.1. The predicted octanol–water partition coefficient (Wildman–Crippen LogP) is 6.55. The van der Waals surface area contributed by atoms with E-state index in [0.717, 1.165) is 39.2 Å². The first-order valence-corrected chi connectivity index (χ1v) is 11.3. The molecule has 5 aromatic rings. The van der Waals surface area contributed by atoms with Crippen LogP contribution in [0.5, 0.6) is 0 Å². The Morgan fingerprint density at radius 1 is 0.806 bits per heavy atom. The summed E-state index contributed by atoms with van der Waals surface area (Å²) in [5.41, 5.74) is 6.93. The molecule has 2 heterocycles. The summed E-state index contributed by atoms with van der Waals surface area (Å²) in [6.07, 6.45) is 5.16. The minimum atomic E-state index is -0.187. The summed E-state index contributed by atoms with van der Waals surface area (Å²) >= 11 is 0. The van der Waals surface area contributed by atoms with E-state index in [1.165, 1.54) is 0 Å². The standard InChI is InChI=1S/C29H22N6O/c1-19-15-24(34-28-11-14-32-27-8-5-20(18-30)16-26(27)28)6-7-25(19)29(36)35-23-4-2-3-22(17-23)33-21-9-12-31-13-10-21/h2-17H,1H3,(H,31,33)(H,32,34)(H,35,36). The summed E-state index contributed by atoms with van der Waals surface area (Å²) in [6, 6.07) is 26.3. The summed E-state index contributed by atoms with van der Waals surface area (Å²) < 4.78 is 0. The molecule has 0 saturated carbocycles. The van der Waals surface area contributed by atoms with Crippen LogP contribution in [0.15, 0.2) is 97.5 Å². The molecule has 7 heteroatoms. The Kier molecular flexibility index (Phi) is 6.24. The maximum atomic E-state index is 13.0. The van der Waals surface area contributed by atoms with Crippen molar-refractivity contribution in [2.24, 2.45) is 0 Å². The van der Waals surface area contributed by atoms with Crippen molar-refractivity contribution < 1.29 is 4.79 Å². The average Bonchev–Trinajstić information content (AvgIpc) is 2.89. The molecule has 0 atom stereocenters. The van der Waals surface area contributed by atoms with Gasteiger partial charge in [0.25, 0.3) is 5.91 Å². The van der Waals surface area contributed by atoms with Gasteiger partial charge < -0.3 is 16.0 Å². The van der Waals surface area contributed by atoms with Crippen LogP contribution in [0, 0.1) is 18.3 Å². The molecule has 0 unspecified atom stereocenters. The van der Waals surface area contributed by atoms with E-state index < -0.39 is 0 Å². The Balaban J connectivity index is 1.32. The zero-order chi connectivity index (χ0) is 24.9. The highest BCUT2D eigenvalue weighted by molar-refractivity contribution is 6.06. The number of aromatic nitrogens is 2. The van der Waals surface area contributed by atoms with Crippen LogP contribution in [0.25, 0.3) is 10.9 Å². The number of benzene rings is 3. The SMILES string of the molecule is Cc1cc(Nc2ccnc3ccc(C#N)cc23)ccc1C(=O)Nc1cccc(Nc2ccncc2)c1. The Labute approximate surface area is 208 Å². The molecule has 0 radical (unpaired) electrons. The van der Waals surface area contributed by atoms with Crippen molar-refractivity contribution >= 4 is 45.2 Å². The van der Waals surface area contributed by atoms with Crippen LogP contribution in [0.2, 0.25) is 0 Å². The number of fused-ring (bicyclic) bond motifs is 1. The van der Waals surface area contributed by atoms with Crippen molar-refractivity contribution in [3.8, 4) is 6.07 Å². The van der Waals surface area contributed by atoms with E-state index in [0.29, 0.717) is 16.8 Å². The summed E-state index contributed by atoms with van der Waals surface area (Å²) in [7, 11) is 0. The molecule has 5 rings (SSSR count). The van der Waals surface area contributed by atoms with Gasteiger partial charge in [0.05, 0.1) is 17.1 Å². The summed E-state index contributed by atoms with van der Waals surface area (Å²) in [5, 5.41) is 19.8. The number of carbonyl (C=O) groups is 1. The van der Waals surface area contributed by atoms with E-state index in [2.05, 4.69) is 32.0 Å². The molecular weight excluding hydrogens is 448 g/mol. The molecule has 2 aromatic heterocycles. The molecule has 0 aliphatic carbocycles. The van der Waals surface area contributed by atoms with Gasteiger partial charge in [-0.1, -0.05) is 6.07 Å². The highest BCUT2D eigenvalue weighted by Gasteiger charge is 2.11. The summed E-state index contributed by atoms with van der Waals surface area (Å²) in [6.45, 7) is 1.90. The zero-order valence-electron chi connectivity index (χ0n) is 19.5. The van der Waals surface area contributed by atoms with E-state index in [9.17, 15) is 10.1 Å². The van der Waals surface area contributed by atoms with Crippen molar-refractivity contribution in [3.63, 3.8) is 0 Å². The van der Waals surface area contributed by atoms with Crippen molar-refractivity contribution in [1.82, 2.24) is 9.97 Å². The molecule has 3 N–H and O–H groups in total. The first-order valence-electron chi connectivity index (χ1n) is 11.3. The molecule has 0 fully saturated rings. The van der Waals surface area contributed by atoms with E-state index in [4.69, 9.17) is 0 Å². The van der Waals surface area contributed by atoms with Crippen molar-refractivity contribution in [2.45, 2.75) is 6.92 Å². The predicted molar refractivity (Wildman–Crippen MR) is 143 cm³/mol. The number of hydrogen-bond acceptors (Lipinski definition) is 6. The molecule has 0 aliphatic rings. The maximum Gasteiger partial charge on any atom is 0.255 e. The Morgan fingerprint density at radius 3 is 2.42 bits per heavy atom. The summed E-state index contributed by atoms with van der Waals surface area (Å²) in [4.78, 5) is 21.4. The van der Waals surface area contributed by atoms with E-state index in [1.54, 1.807) is 30.7 Å². The Hall–Kier alpha value is -5.22. The number of amides is 1. The van der Waals surface area contributed by atoms with Gasteiger partial charge in [0.15, 0.2) is 0 Å². The lowest BCUT2D eigenvalue weighted by Gasteiger charge is -2.13. The van der Waals surface area contributed by atoms with Crippen LogP contribution in [0.1, 0.15) is 21.5 Å². The molecular formula is C29H22N6O. The third-order valence-corrected chi connectivity index (χ3v) is 5.71. The van der Waals surface area contributed by atoms with Crippen LogP contribution in [-0.4, -0.2) is 15.9 Å². The largest absolute Gasteiger partial charge is 0.355 e. The second-order valence-electron chi connectivity index (χ2n) is 8.25. The third kappa shape index (κ3) is 4.98. The van der Waals surface area contributed by atoms with Crippen LogP contribution in [0.4, 0.5) is 28.4 Å². The molecule has 0 aliphatic heterocycles. The number of carbonyl (C=O) groups excluding carboxylic acids is 1. The second kappa shape index (κ2) is 9.95. The number of pyridine rings is 2. The molecule has 174 valence electrons. The number of nitrogens with one attached hydrogen (secondary N) is 3. The van der Waals surface area contributed by atoms with E-state index in [-0.39, 0.29) is 5.91 Å². The minimum absolute atomic E-state index is 0.187. The van der Waals surface area contributed by atoms with Gasteiger partial charge in [0.1, 0.15) is 0 Å². The van der Waals surface area contributed by atoms with Gasteiger partial charge >= 0.3 is 0 Å². The molecule has 0 bridgehead atoms. The fraction of sp³-hybridized carbons (Fsp3) is 0.0345. The number of aryl methyl sites for hydroxylation is 1. The first kappa shape index (κ1) is 22.6. The smallest absolute Gasteiger partial charge is 0.255 e. The summed E-state index contributed by atoms with van der Waals surface area (Å²) in [5.74, 6) is -0.187. The van der Waals surface area contributed by atoms with Crippen LogP contribution in [-0.2, 0) is 0 Å². The average molecular weight is 471 g/mol. The maximum absolute atomic E-state index is 13.0. The van der Waals surface area contributed by atoms with Gasteiger partial charge in [-0.15, -0.1) is 0 Å². The normalized spacial score (nSPS) is 10.4. The first-order chi connectivity index (χ1) is 17.6. The van der Waals surface area contributed by atoms with Gasteiger partial charge in [0, 0.05) is 58.0 Å². The molecule has 36 heavy (non-hydrogen) atoms. The van der Waals surface area contributed by atoms with Gasteiger partial charge in [-0.05, 0) is 85.3 Å². The monoisotopic (exact) mass is 470 g/mol. The minimum Gasteiger partial charge on any atom is -0.355 e. The molecule has 0 spiro atoms. The number of hydrogen-bond donors (Lipinski definition) is 3. The lowest BCUT2D eigenvalue weighted by Crippen LogP contribution is -2.13. The lowest BCUT2D eigenvalue weighted by molar-refractivity contribution is 0.102. The number of nitriles is 1. The number of rotatable bonds is 6. The zero-order valence-corrected chi connectivity index (χ0v) is 19.5. The fourth-order valence-corrected chi connectivity index (χ4v) is 3.95. The van der Waals surface area contributed by atoms with Crippen LogP contribution >= 0.6 is 0 Å². The van der Waals surface area contributed by atoms with Gasteiger partial charge in [-0.2, -0.15) is 5.26 Å².